The summed E-state index contributed by atoms with van der Waals surface area (Å²) in [5.74, 6) is -0.102. The third-order valence-electron chi connectivity index (χ3n) is 11.3. The van der Waals surface area contributed by atoms with Crippen molar-refractivity contribution in [1.82, 2.24) is 0 Å². The molecule has 7 rings (SSSR count). The third-order valence-corrected chi connectivity index (χ3v) is 20.5. The molecular formula is C49H46Cl2F6Zr. The third kappa shape index (κ3) is 8.70. The topological polar surface area (TPSA) is 0 Å². The summed E-state index contributed by atoms with van der Waals surface area (Å²) in [6.45, 7) is 17.2. The molecule has 0 aliphatic heterocycles. The SMILES string of the molecule is CC1=[C]([Zr+2](=[C](c2cccc(C(F)(F)F)c2)c2cccc(C(F)(F)F)c2)[CH]2c3cc(C(C)(C)C)ccc3-c3ccc(C(C)(C)C)cc32)C(C)C=C1c1ccccc1.[Cl-].[Cl-]. The fourth-order valence-electron chi connectivity index (χ4n) is 8.44. The Morgan fingerprint density at radius 3 is 1.40 bits per heavy atom. The van der Waals surface area contributed by atoms with Gasteiger partial charge in [0.1, 0.15) is 0 Å². The van der Waals surface area contributed by atoms with Gasteiger partial charge in [-0.3, -0.25) is 0 Å². The standard InChI is InChI=1S/C21H25.C15H8F6.C13H13.2ClH.Zr/c1-20(2,3)16-7-9-18-14(12-16)11-15-13-17(21(4,5)6)8-10-19(15)18;16-14(17,18)12-5-1-3-10(8-12)7-11-4-2-6-13(9-11)15(19,20)21;1-10-8-11(2)13(9-10)12-6-4-3-5-7-12;;;/h7-13H,1-6H3;1-6,8-9H;3-7,9-10H,1-2H3;2*1H;/q;;;;;+2/p-2. The number of benzene rings is 5. The molecular weight excluding hydrogens is 865 g/mol. The second-order valence-corrected chi connectivity index (χ2v) is 23.3. The van der Waals surface area contributed by atoms with Crippen LogP contribution in [-0.2, 0) is 44.4 Å². The van der Waals surface area contributed by atoms with E-state index in [0.29, 0.717) is 14.3 Å². The van der Waals surface area contributed by atoms with Gasteiger partial charge in [0, 0.05) is 0 Å². The number of alkyl halides is 6. The number of rotatable bonds is 5. The fraction of sp³-hybridized carbons (Fsp3) is 0.286. The maximum Gasteiger partial charge on any atom is -1.00 e. The minimum atomic E-state index is -4.65. The molecule has 0 N–H and O–H groups in total. The van der Waals surface area contributed by atoms with Crippen LogP contribution in [-0.4, -0.2) is 3.21 Å². The Labute approximate surface area is 358 Å². The number of hydrogen-bond acceptors (Lipinski definition) is 0. The second-order valence-electron chi connectivity index (χ2n) is 17.3. The monoisotopic (exact) mass is 908 g/mol. The number of hydrogen-bond donors (Lipinski definition) is 0. The molecule has 0 saturated carbocycles. The van der Waals surface area contributed by atoms with Crippen molar-refractivity contribution in [2.45, 2.75) is 82.2 Å². The maximum absolute atomic E-state index is 14.6. The second kappa shape index (κ2) is 16.5. The van der Waals surface area contributed by atoms with Crippen LogP contribution in [0.2, 0.25) is 0 Å². The van der Waals surface area contributed by atoms with Crippen LogP contribution in [0.15, 0.2) is 130 Å². The van der Waals surface area contributed by atoms with Gasteiger partial charge in [0.25, 0.3) is 0 Å². The Balaban J connectivity index is 0.00000320. The van der Waals surface area contributed by atoms with Crippen LogP contribution in [0.3, 0.4) is 0 Å². The smallest absolute Gasteiger partial charge is 1.00 e. The van der Waals surface area contributed by atoms with Crippen molar-refractivity contribution >= 4 is 8.78 Å². The molecule has 1 atom stereocenters. The molecule has 1 unspecified atom stereocenters. The van der Waals surface area contributed by atoms with Gasteiger partial charge in [-0.1, -0.05) is 0 Å². The molecule has 0 radical (unpaired) electrons. The Hall–Kier alpha value is -3.51. The fourth-order valence-corrected chi connectivity index (χ4v) is 18.3. The van der Waals surface area contributed by atoms with E-state index in [2.05, 4.69) is 110 Å². The minimum Gasteiger partial charge on any atom is -1.00 e. The van der Waals surface area contributed by atoms with Gasteiger partial charge in [-0.05, 0) is 0 Å². The van der Waals surface area contributed by atoms with Crippen LogP contribution in [0, 0.1) is 5.92 Å². The summed E-state index contributed by atoms with van der Waals surface area (Å²) < 4.78 is 88.9. The summed E-state index contributed by atoms with van der Waals surface area (Å²) >= 11 is -3.90. The van der Waals surface area contributed by atoms with Crippen LogP contribution < -0.4 is 24.8 Å². The molecule has 0 bridgehead atoms. The Morgan fingerprint density at radius 2 is 0.983 bits per heavy atom. The molecule has 5 aromatic rings. The van der Waals surface area contributed by atoms with Gasteiger partial charge in [-0.2, -0.15) is 0 Å². The predicted octanol–water partition coefficient (Wildman–Crippen LogP) is 8.29. The molecule has 9 heteroatoms. The van der Waals surface area contributed by atoms with Gasteiger partial charge in [-0.15, -0.1) is 0 Å². The molecule has 302 valence electrons. The molecule has 0 fully saturated rings. The van der Waals surface area contributed by atoms with Gasteiger partial charge in [0.15, 0.2) is 0 Å². The Morgan fingerprint density at radius 1 is 0.534 bits per heavy atom. The van der Waals surface area contributed by atoms with Crippen molar-refractivity contribution in [2.24, 2.45) is 5.92 Å². The van der Waals surface area contributed by atoms with Crippen LogP contribution in [0.4, 0.5) is 26.3 Å². The molecule has 2 aliphatic carbocycles. The van der Waals surface area contributed by atoms with Gasteiger partial charge >= 0.3 is 336 Å². The molecule has 0 amide bonds. The molecule has 2 aliphatic rings. The summed E-state index contributed by atoms with van der Waals surface area (Å²) in [5.41, 5.74) is 8.33. The summed E-state index contributed by atoms with van der Waals surface area (Å²) in [5, 5.41) is 0. The first-order valence-corrected chi connectivity index (χ1v) is 22.9. The summed E-state index contributed by atoms with van der Waals surface area (Å²) in [4.78, 5) is 0. The molecule has 0 nitrogen and oxygen atoms in total. The Kier molecular flexibility index (Phi) is 13.0. The minimum absolute atomic E-state index is 0. The number of allylic oxidation sites excluding steroid dienone is 4. The predicted molar refractivity (Wildman–Crippen MR) is 214 cm³/mol. The first-order valence-electron chi connectivity index (χ1n) is 19.0. The van der Waals surface area contributed by atoms with Crippen molar-refractivity contribution in [3.05, 3.63) is 180 Å². The van der Waals surface area contributed by atoms with Crippen LogP contribution in [0.5, 0.6) is 0 Å². The van der Waals surface area contributed by atoms with E-state index in [0.717, 1.165) is 74.4 Å². The van der Waals surface area contributed by atoms with Gasteiger partial charge in [0.05, 0.1) is 0 Å². The number of fused-ring (bicyclic) bond motifs is 3. The summed E-state index contributed by atoms with van der Waals surface area (Å²) in [6.07, 6.45) is -7.05. The summed E-state index contributed by atoms with van der Waals surface area (Å²) in [7, 11) is 0. The van der Waals surface area contributed by atoms with E-state index in [1.165, 1.54) is 15.4 Å². The number of halogens is 8. The van der Waals surface area contributed by atoms with E-state index in [-0.39, 0.29) is 45.2 Å². The first-order chi connectivity index (χ1) is 26.1. The van der Waals surface area contributed by atoms with Gasteiger partial charge in [-0.25, -0.2) is 0 Å². The molecule has 0 spiro atoms. The zero-order chi connectivity index (χ0) is 40.5. The largest absolute Gasteiger partial charge is 1.00 e. The molecule has 5 aromatic carbocycles. The van der Waals surface area contributed by atoms with E-state index in [4.69, 9.17) is 0 Å². The quantitative estimate of drug-likeness (QED) is 0.156. The van der Waals surface area contributed by atoms with Crippen molar-refractivity contribution < 1.29 is 72.4 Å². The maximum atomic E-state index is 14.6. The molecule has 0 saturated heterocycles. The molecule has 58 heavy (non-hydrogen) atoms. The van der Waals surface area contributed by atoms with E-state index in [9.17, 15) is 26.3 Å². The average molecular weight is 911 g/mol. The van der Waals surface area contributed by atoms with Gasteiger partial charge in [0.2, 0.25) is 0 Å². The van der Waals surface area contributed by atoms with Crippen LogP contribution in [0.25, 0.3) is 16.7 Å². The van der Waals surface area contributed by atoms with Crippen molar-refractivity contribution in [3.8, 4) is 11.1 Å². The average Bonchev–Trinajstić information content (AvgIpc) is 3.61. The normalized spacial score (nSPS) is 15.5. The zero-order valence-electron chi connectivity index (χ0n) is 33.7. The van der Waals surface area contributed by atoms with E-state index in [1.54, 1.807) is 12.1 Å². The van der Waals surface area contributed by atoms with Crippen LogP contribution >= 0.6 is 0 Å². The Bertz CT molecular complexity index is 2320. The van der Waals surface area contributed by atoms with E-state index >= 15 is 0 Å². The van der Waals surface area contributed by atoms with Crippen molar-refractivity contribution in [1.29, 1.82) is 0 Å². The first kappa shape index (κ1) is 45.6. The van der Waals surface area contributed by atoms with E-state index < -0.39 is 44.7 Å². The molecule has 0 heterocycles. The van der Waals surface area contributed by atoms with Crippen molar-refractivity contribution in [2.75, 3.05) is 0 Å². The summed E-state index contributed by atoms with van der Waals surface area (Å²) in [6, 6.07) is 33.8. The zero-order valence-corrected chi connectivity index (χ0v) is 37.7. The molecule has 0 aromatic heterocycles. The van der Waals surface area contributed by atoms with E-state index in [1.807, 2.05) is 18.2 Å². The van der Waals surface area contributed by atoms with Gasteiger partial charge < -0.3 is 24.8 Å². The van der Waals surface area contributed by atoms with Crippen LogP contribution in [0.1, 0.15) is 109 Å². The van der Waals surface area contributed by atoms with Crippen molar-refractivity contribution in [3.63, 3.8) is 0 Å².